The van der Waals surface area contributed by atoms with Gasteiger partial charge in [-0.3, -0.25) is 14.6 Å². The summed E-state index contributed by atoms with van der Waals surface area (Å²) in [4.78, 5) is 29.4. The molecular formula is C13H17N3O2. The molecule has 0 spiro atoms. The molecule has 0 aliphatic carbocycles. The number of carbonyl (C=O) groups is 2. The van der Waals surface area contributed by atoms with Crippen molar-refractivity contribution in [2.24, 2.45) is 0 Å². The third-order valence-corrected chi connectivity index (χ3v) is 3.05. The molecule has 0 saturated carbocycles. The van der Waals surface area contributed by atoms with Gasteiger partial charge in [0, 0.05) is 18.9 Å². The van der Waals surface area contributed by atoms with Gasteiger partial charge in [0.25, 0.3) is 0 Å². The van der Waals surface area contributed by atoms with E-state index in [1.807, 2.05) is 19.1 Å². The molecule has 96 valence electrons. The molecule has 1 aromatic rings. The fourth-order valence-corrected chi connectivity index (χ4v) is 2.14. The van der Waals surface area contributed by atoms with Gasteiger partial charge in [-0.25, -0.2) is 0 Å². The Balaban J connectivity index is 2.15. The van der Waals surface area contributed by atoms with Crippen LogP contribution in [0.4, 0.5) is 0 Å². The minimum absolute atomic E-state index is 0.0306. The largest absolute Gasteiger partial charge is 0.345 e. The monoisotopic (exact) mass is 247 g/mol. The Bertz CT molecular complexity index is 433. The number of carbonyl (C=O) groups excluding carboxylic acids is 2. The molecule has 5 nitrogen and oxygen atoms in total. The van der Waals surface area contributed by atoms with Crippen LogP contribution in [0.5, 0.6) is 0 Å². The van der Waals surface area contributed by atoms with Crippen LogP contribution < -0.4 is 5.32 Å². The zero-order valence-corrected chi connectivity index (χ0v) is 10.4. The van der Waals surface area contributed by atoms with Crippen molar-refractivity contribution in [3.63, 3.8) is 0 Å². The van der Waals surface area contributed by atoms with Crippen LogP contribution in [0.1, 0.15) is 25.3 Å². The van der Waals surface area contributed by atoms with Crippen molar-refractivity contribution in [3.8, 4) is 0 Å². The summed E-state index contributed by atoms with van der Waals surface area (Å²) >= 11 is 0. The summed E-state index contributed by atoms with van der Waals surface area (Å²) in [6.07, 6.45) is 4.98. The van der Waals surface area contributed by atoms with Gasteiger partial charge in [-0.1, -0.05) is 19.4 Å². The van der Waals surface area contributed by atoms with E-state index in [0.29, 0.717) is 13.0 Å². The van der Waals surface area contributed by atoms with Crippen LogP contribution in [0, 0.1) is 0 Å². The Morgan fingerprint density at radius 3 is 3.00 bits per heavy atom. The summed E-state index contributed by atoms with van der Waals surface area (Å²) in [5, 5.41) is 2.64. The molecule has 0 radical (unpaired) electrons. The minimum Gasteiger partial charge on any atom is -0.345 e. The topological polar surface area (TPSA) is 62.3 Å². The highest BCUT2D eigenvalue weighted by molar-refractivity contribution is 5.94. The third-order valence-electron chi connectivity index (χ3n) is 3.05. The molecule has 1 aliphatic heterocycles. The van der Waals surface area contributed by atoms with E-state index in [1.54, 1.807) is 17.3 Å². The van der Waals surface area contributed by atoms with Crippen LogP contribution in [-0.2, 0) is 16.1 Å². The summed E-state index contributed by atoms with van der Waals surface area (Å²) in [5.74, 6) is -0.0859. The lowest BCUT2D eigenvalue weighted by molar-refractivity contribution is -0.146. The van der Waals surface area contributed by atoms with Crippen molar-refractivity contribution >= 4 is 11.8 Å². The molecule has 1 atom stereocenters. The first-order chi connectivity index (χ1) is 8.72. The first-order valence-electron chi connectivity index (χ1n) is 6.18. The third kappa shape index (κ3) is 2.67. The van der Waals surface area contributed by atoms with E-state index in [0.717, 1.165) is 12.0 Å². The zero-order valence-electron chi connectivity index (χ0n) is 10.4. The van der Waals surface area contributed by atoms with Gasteiger partial charge < -0.3 is 10.2 Å². The fraction of sp³-hybridized carbons (Fsp3) is 0.462. The summed E-state index contributed by atoms with van der Waals surface area (Å²) in [5.41, 5.74) is 0.946. The summed E-state index contributed by atoms with van der Waals surface area (Å²) in [6, 6.07) is 3.39. The highest BCUT2D eigenvalue weighted by Crippen LogP contribution is 2.15. The van der Waals surface area contributed by atoms with E-state index in [-0.39, 0.29) is 24.4 Å². The Kier molecular flexibility index (Phi) is 3.92. The molecule has 1 aromatic heterocycles. The number of hydrogen-bond acceptors (Lipinski definition) is 3. The molecular weight excluding hydrogens is 230 g/mol. The molecule has 1 unspecified atom stereocenters. The maximum atomic E-state index is 11.9. The van der Waals surface area contributed by atoms with Crippen LogP contribution in [0.3, 0.4) is 0 Å². The second kappa shape index (κ2) is 5.62. The molecule has 0 aromatic carbocycles. The standard InChI is InChI=1S/C13H17N3O2/c1-2-4-11-13(18)15-8-12(17)16(11)9-10-5-3-6-14-7-10/h3,5-7,11H,2,4,8-9H2,1H3,(H,15,18). The summed E-state index contributed by atoms with van der Waals surface area (Å²) < 4.78 is 0. The van der Waals surface area contributed by atoms with Crippen molar-refractivity contribution in [3.05, 3.63) is 30.1 Å². The number of nitrogens with one attached hydrogen (secondary N) is 1. The van der Waals surface area contributed by atoms with E-state index >= 15 is 0 Å². The Morgan fingerprint density at radius 1 is 1.50 bits per heavy atom. The molecule has 5 heteroatoms. The van der Waals surface area contributed by atoms with Crippen molar-refractivity contribution in [1.29, 1.82) is 0 Å². The fourth-order valence-electron chi connectivity index (χ4n) is 2.14. The number of pyridine rings is 1. The number of amides is 2. The van der Waals surface area contributed by atoms with E-state index in [4.69, 9.17) is 0 Å². The SMILES string of the molecule is CCCC1C(=O)NCC(=O)N1Cc1cccnc1. The van der Waals surface area contributed by atoms with Gasteiger partial charge in [0.05, 0.1) is 6.54 Å². The lowest BCUT2D eigenvalue weighted by atomic mass is 10.1. The van der Waals surface area contributed by atoms with E-state index in [2.05, 4.69) is 10.3 Å². The predicted octanol–water partition coefficient (Wildman–Crippen LogP) is 0.709. The lowest BCUT2D eigenvalue weighted by Crippen LogP contribution is -2.57. The van der Waals surface area contributed by atoms with Crippen LogP contribution in [0.2, 0.25) is 0 Å². The van der Waals surface area contributed by atoms with Gasteiger partial charge in [-0.05, 0) is 18.1 Å². The van der Waals surface area contributed by atoms with Gasteiger partial charge in [-0.2, -0.15) is 0 Å². The van der Waals surface area contributed by atoms with Crippen molar-refractivity contribution in [1.82, 2.24) is 15.2 Å². The molecule has 0 bridgehead atoms. The van der Waals surface area contributed by atoms with Crippen LogP contribution in [0.15, 0.2) is 24.5 Å². The second-order valence-corrected chi connectivity index (χ2v) is 4.41. The summed E-state index contributed by atoms with van der Waals surface area (Å²) in [7, 11) is 0. The molecule has 2 heterocycles. The second-order valence-electron chi connectivity index (χ2n) is 4.41. The van der Waals surface area contributed by atoms with Crippen molar-refractivity contribution in [2.45, 2.75) is 32.4 Å². The smallest absolute Gasteiger partial charge is 0.243 e. The Labute approximate surface area is 106 Å². The average molecular weight is 247 g/mol. The molecule has 1 saturated heterocycles. The number of rotatable bonds is 4. The normalized spacial score (nSPS) is 19.8. The molecule has 2 amide bonds. The zero-order chi connectivity index (χ0) is 13.0. The predicted molar refractivity (Wildman–Crippen MR) is 66.5 cm³/mol. The van der Waals surface area contributed by atoms with Crippen LogP contribution in [-0.4, -0.2) is 34.3 Å². The summed E-state index contributed by atoms with van der Waals surface area (Å²) in [6.45, 7) is 2.55. The number of hydrogen-bond donors (Lipinski definition) is 1. The maximum Gasteiger partial charge on any atom is 0.243 e. The van der Waals surface area contributed by atoms with Gasteiger partial charge >= 0.3 is 0 Å². The Morgan fingerprint density at radius 2 is 2.33 bits per heavy atom. The molecule has 1 aliphatic rings. The van der Waals surface area contributed by atoms with Crippen LogP contribution >= 0.6 is 0 Å². The van der Waals surface area contributed by atoms with Gasteiger partial charge in [-0.15, -0.1) is 0 Å². The number of aromatic nitrogens is 1. The molecule has 2 rings (SSSR count). The average Bonchev–Trinajstić information content (AvgIpc) is 2.39. The highest BCUT2D eigenvalue weighted by atomic mass is 16.2. The molecule has 1 N–H and O–H groups in total. The van der Waals surface area contributed by atoms with Gasteiger partial charge in [0.15, 0.2) is 0 Å². The lowest BCUT2D eigenvalue weighted by Gasteiger charge is -2.34. The minimum atomic E-state index is -0.351. The highest BCUT2D eigenvalue weighted by Gasteiger charge is 2.33. The number of nitrogens with zero attached hydrogens (tertiary/aromatic N) is 2. The quantitative estimate of drug-likeness (QED) is 0.852. The Hall–Kier alpha value is -1.91. The van der Waals surface area contributed by atoms with Gasteiger partial charge in [0.2, 0.25) is 11.8 Å². The molecule has 1 fully saturated rings. The van der Waals surface area contributed by atoms with Crippen LogP contribution in [0.25, 0.3) is 0 Å². The van der Waals surface area contributed by atoms with E-state index in [9.17, 15) is 9.59 Å². The molecule has 18 heavy (non-hydrogen) atoms. The first-order valence-corrected chi connectivity index (χ1v) is 6.18. The van der Waals surface area contributed by atoms with Gasteiger partial charge in [0.1, 0.15) is 6.04 Å². The van der Waals surface area contributed by atoms with Crippen molar-refractivity contribution in [2.75, 3.05) is 6.54 Å². The first kappa shape index (κ1) is 12.5. The van der Waals surface area contributed by atoms with Crippen molar-refractivity contribution < 1.29 is 9.59 Å². The maximum absolute atomic E-state index is 11.9. The van der Waals surface area contributed by atoms with E-state index < -0.39 is 0 Å². The van der Waals surface area contributed by atoms with E-state index in [1.165, 1.54) is 0 Å². The number of piperazine rings is 1.